The van der Waals surface area contributed by atoms with Crippen LogP contribution in [0.15, 0.2) is 24.5 Å². The lowest BCUT2D eigenvalue weighted by atomic mass is 10.1. The number of hydrogen-bond donors (Lipinski definition) is 0. The molecular weight excluding hydrogens is 270 g/mol. The van der Waals surface area contributed by atoms with E-state index in [1.165, 1.54) is 15.8 Å². The molecule has 0 saturated carbocycles. The molecule has 0 radical (unpaired) electrons. The molecule has 0 spiro atoms. The highest BCUT2D eigenvalue weighted by Crippen LogP contribution is 2.35. The molecule has 1 aromatic carbocycles. The summed E-state index contributed by atoms with van der Waals surface area (Å²) in [6.07, 6.45) is 3.46. The molecule has 0 unspecified atom stereocenters. The van der Waals surface area contributed by atoms with Crippen molar-refractivity contribution < 1.29 is 0 Å². The molecule has 102 valence electrons. The predicted octanol–water partition coefficient (Wildman–Crippen LogP) is 2.57. The fourth-order valence-electron chi connectivity index (χ4n) is 2.52. The molecule has 1 aliphatic heterocycles. The third kappa shape index (κ3) is 1.71. The minimum Gasteiger partial charge on any atom is -0.343 e. The summed E-state index contributed by atoms with van der Waals surface area (Å²) in [5.74, 6) is 0. The van der Waals surface area contributed by atoms with Gasteiger partial charge >= 0.3 is 0 Å². The van der Waals surface area contributed by atoms with Gasteiger partial charge in [-0.15, -0.1) is 0 Å². The molecule has 20 heavy (non-hydrogen) atoms. The smallest absolute Gasteiger partial charge is 0.186 e. The van der Waals surface area contributed by atoms with Gasteiger partial charge in [-0.25, -0.2) is 4.98 Å². The molecule has 0 aliphatic carbocycles. The Bertz CT molecular complexity index is 755. The maximum Gasteiger partial charge on any atom is 0.186 e. The van der Waals surface area contributed by atoms with Crippen molar-refractivity contribution in [3.63, 3.8) is 0 Å². The van der Waals surface area contributed by atoms with Crippen LogP contribution in [-0.4, -0.2) is 33.1 Å². The zero-order valence-corrected chi connectivity index (χ0v) is 12.3. The van der Waals surface area contributed by atoms with Crippen molar-refractivity contribution in [2.24, 2.45) is 0 Å². The number of aryl methyl sites for hydroxylation is 2. The lowest BCUT2D eigenvalue weighted by molar-refractivity contribution is 0.332. The van der Waals surface area contributed by atoms with E-state index in [0.717, 1.165) is 23.7 Å². The first-order valence-electron chi connectivity index (χ1n) is 6.70. The number of rotatable bonds is 2. The number of thiazole rings is 1. The first-order chi connectivity index (χ1) is 9.72. The van der Waals surface area contributed by atoms with Gasteiger partial charge in [0.2, 0.25) is 0 Å². The zero-order valence-electron chi connectivity index (χ0n) is 11.4. The highest BCUT2D eigenvalue weighted by atomic mass is 32.1. The second kappa shape index (κ2) is 4.28. The second-order valence-electron chi connectivity index (χ2n) is 5.26. The van der Waals surface area contributed by atoms with Gasteiger partial charge in [0.05, 0.1) is 22.6 Å². The fourth-order valence-corrected chi connectivity index (χ4v) is 3.57. The summed E-state index contributed by atoms with van der Waals surface area (Å²) in [6, 6.07) is 4.72. The van der Waals surface area contributed by atoms with Crippen molar-refractivity contribution in [1.82, 2.24) is 20.0 Å². The van der Waals surface area contributed by atoms with Crippen LogP contribution >= 0.6 is 11.3 Å². The van der Waals surface area contributed by atoms with E-state index in [4.69, 9.17) is 4.98 Å². The van der Waals surface area contributed by atoms with Crippen LogP contribution in [0.25, 0.3) is 10.2 Å². The van der Waals surface area contributed by atoms with Crippen LogP contribution in [0.1, 0.15) is 17.2 Å². The molecule has 3 heterocycles. The highest BCUT2D eigenvalue weighted by molar-refractivity contribution is 7.22. The molecule has 0 atom stereocenters. The largest absolute Gasteiger partial charge is 0.343 e. The van der Waals surface area contributed by atoms with E-state index >= 15 is 0 Å². The van der Waals surface area contributed by atoms with E-state index in [9.17, 15) is 0 Å². The van der Waals surface area contributed by atoms with Crippen molar-refractivity contribution in [3.05, 3.63) is 35.7 Å². The van der Waals surface area contributed by atoms with Gasteiger partial charge in [0.15, 0.2) is 5.13 Å². The van der Waals surface area contributed by atoms with Crippen LogP contribution in [0.4, 0.5) is 5.13 Å². The summed E-state index contributed by atoms with van der Waals surface area (Å²) < 4.78 is 1.27. The number of hydrogen-bond acceptors (Lipinski definition) is 5. The third-order valence-electron chi connectivity index (χ3n) is 3.97. The van der Waals surface area contributed by atoms with Crippen molar-refractivity contribution in [2.75, 3.05) is 18.0 Å². The van der Waals surface area contributed by atoms with Crippen LogP contribution in [0, 0.1) is 13.8 Å². The number of fused-ring (bicyclic) bond motifs is 1. The monoisotopic (exact) mass is 285 g/mol. The van der Waals surface area contributed by atoms with E-state index in [1.54, 1.807) is 28.5 Å². The normalized spacial score (nSPS) is 15.8. The fraction of sp³-hybridized carbons (Fsp3) is 0.357. The van der Waals surface area contributed by atoms with Crippen LogP contribution in [0.3, 0.4) is 0 Å². The zero-order chi connectivity index (χ0) is 13.7. The minimum atomic E-state index is 0.375. The van der Waals surface area contributed by atoms with Gasteiger partial charge in [-0.3, -0.25) is 0 Å². The van der Waals surface area contributed by atoms with Crippen LogP contribution < -0.4 is 4.90 Å². The van der Waals surface area contributed by atoms with Crippen molar-refractivity contribution in [1.29, 1.82) is 0 Å². The van der Waals surface area contributed by atoms with Crippen molar-refractivity contribution in [3.8, 4) is 0 Å². The average molecular weight is 285 g/mol. The van der Waals surface area contributed by atoms with Crippen LogP contribution in [-0.2, 0) is 0 Å². The molecule has 3 aromatic rings. The van der Waals surface area contributed by atoms with Gasteiger partial charge in [-0.2, -0.15) is 15.0 Å². The van der Waals surface area contributed by atoms with Gasteiger partial charge in [-0.05, 0) is 31.0 Å². The number of aromatic nitrogens is 4. The molecule has 0 amide bonds. The Balaban J connectivity index is 1.60. The molecule has 1 fully saturated rings. The number of benzene rings is 1. The van der Waals surface area contributed by atoms with E-state index in [0.29, 0.717) is 6.04 Å². The van der Waals surface area contributed by atoms with E-state index in [2.05, 4.69) is 41.1 Å². The Morgan fingerprint density at radius 3 is 2.65 bits per heavy atom. The van der Waals surface area contributed by atoms with E-state index in [1.807, 2.05) is 0 Å². The summed E-state index contributed by atoms with van der Waals surface area (Å²) in [4.78, 5) is 8.90. The minimum absolute atomic E-state index is 0.375. The molecular formula is C14H15N5S. The van der Waals surface area contributed by atoms with Crippen LogP contribution in [0.2, 0.25) is 0 Å². The molecule has 0 bridgehead atoms. The third-order valence-corrected chi connectivity index (χ3v) is 5.05. The van der Waals surface area contributed by atoms with Gasteiger partial charge in [-0.1, -0.05) is 17.4 Å². The molecule has 0 N–H and O–H groups in total. The van der Waals surface area contributed by atoms with E-state index < -0.39 is 0 Å². The Kier molecular flexibility index (Phi) is 2.53. The number of anilines is 1. The molecule has 2 aromatic heterocycles. The first kappa shape index (κ1) is 11.8. The van der Waals surface area contributed by atoms with Gasteiger partial charge in [0, 0.05) is 13.1 Å². The van der Waals surface area contributed by atoms with E-state index in [-0.39, 0.29) is 0 Å². The molecule has 1 aliphatic rings. The van der Waals surface area contributed by atoms with Crippen molar-refractivity contribution in [2.45, 2.75) is 19.9 Å². The highest BCUT2D eigenvalue weighted by Gasteiger charge is 2.31. The molecule has 5 nitrogen and oxygen atoms in total. The molecule has 6 heteroatoms. The number of nitrogens with zero attached hydrogens (tertiary/aromatic N) is 5. The summed E-state index contributed by atoms with van der Waals surface area (Å²) in [5, 5.41) is 9.50. The predicted molar refractivity (Wildman–Crippen MR) is 80.4 cm³/mol. The Morgan fingerprint density at radius 1 is 1.15 bits per heavy atom. The second-order valence-corrected chi connectivity index (χ2v) is 6.27. The van der Waals surface area contributed by atoms with Gasteiger partial charge in [0.1, 0.15) is 6.04 Å². The maximum absolute atomic E-state index is 4.81. The van der Waals surface area contributed by atoms with Crippen LogP contribution in [0.5, 0.6) is 0 Å². The lowest BCUT2D eigenvalue weighted by Crippen LogP contribution is -2.48. The van der Waals surface area contributed by atoms with Crippen molar-refractivity contribution >= 4 is 26.7 Å². The Labute approximate surface area is 120 Å². The Morgan fingerprint density at radius 2 is 1.90 bits per heavy atom. The quantitative estimate of drug-likeness (QED) is 0.726. The maximum atomic E-state index is 4.81. The lowest BCUT2D eigenvalue weighted by Gasteiger charge is -2.37. The van der Waals surface area contributed by atoms with Gasteiger partial charge in [0.25, 0.3) is 0 Å². The van der Waals surface area contributed by atoms with Gasteiger partial charge < -0.3 is 4.90 Å². The summed E-state index contributed by atoms with van der Waals surface area (Å²) >= 11 is 1.77. The summed E-state index contributed by atoms with van der Waals surface area (Å²) in [5.41, 5.74) is 3.73. The molecule has 4 rings (SSSR count). The molecule has 1 saturated heterocycles. The Hall–Kier alpha value is -1.95. The summed E-state index contributed by atoms with van der Waals surface area (Å²) in [6.45, 7) is 6.16. The standard InChI is InChI=1S/C14H15N5S/c1-9-3-4-12-13(10(9)2)17-14(20-12)18-7-11(8-18)19-15-5-6-16-19/h3-6,11H,7-8H2,1-2H3. The SMILES string of the molecule is Cc1ccc2sc(N3CC(n4nccn4)C3)nc2c1C. The first-order valence-corrected chi connectivity index (χ1v) is 7.51. The topological polar surface area (TPSA) is 46.8 Å². The summed E-state index contributed by atoms with van der Waals surface area (Å²) in [7, 11) is 0. The average Bonchev–Trinajstić information content (AvgIpc) is 3.02.